The van der Waals surface area contributed by atoms with Crippen LogP contribution in [0.15, 0.2) is 0 Å². The lowest BCUT2D eigenvalue weighted by Crippen LogP contribution is -2.43. The molecule has 2 fully saturated rings. The van der Waals surface area contributed by atoms with E-state index in [-0.39, 0.29) is 0 Å². The normalized spacial score (nSPS) is 37.5. The molecule has 1 unspecified atom stereocenters. The molecule has 0 aromatic rings. The van der Waals surface area contributed by atoms with Gasteiger partial charge in [0.25, 0.3) is 0 Å². The van der Waals surface area contributed by atoms with Gasteiger partial charge in [0.05, 0.1) is 0 Å². The molecule has 1 aliphatic heterocycles. The van der Waals surface area contributed by atoms with Gasteiger partial charge in [0.1, 0.15) is 0 Å². The van der Waals surface area contributed by atoms with Crippen molar-refractivity contribution in [1.29, 1.82) is 0 Å². The summed E-state index contributed by atoms with van der Waals surface area (Å²) < 4.78 is 0. The van der Waals surface area contributed by atoms with E-state index in [2.05, 4.69) is 23.6 Å². The first-order valence-electron chi connectivity index (χ1n) is 6.81. The van der Waals surface area contributed by atoms with Gasteiger partial charge in [-0.25, -0.2) is 0 Å². The summed E-state index contributed by atoms with van der Waals surface area (Å²) in [6, 6.07) is 0.797. The van der Waals surface area contributed by atoms with Crippen LogP contribution in [-0.4, -0.2) is 42.1 Å². The molecule has 2 nitrogen and oxygen atoms in total. The Hall–Kier alpha value is 0.270. The van der Waals surface area contributed by atoms with Gasteiger partial charge < -0.3 is 5.73 Å². The summed E-state index contributed by atoms with van der Waals surface area (Å²) in [5.74, 6) is 4.44. The van der Waals surface area contributed by atoms with Gasteiger partial charge in [0.15, 0.2) is 0 Å². The van der Waals surface area contributed by atoms with Crippen LogP contribution in [0.4, 0.5) is 0 Å². The van der Waals surface area contributed by atoms with Crippen LogP contribution in [-0.2, 0) is 0 Å². The topological polar surface area (TPSA) is 29.3 Å². The molecule has 16 heavy (non-hydrogen) atoms. The Morgan fingerprint density at radius 3 is 2.50 bits per heavy atom. The fraction of sp³-hybridized carbons (Fsp3) is 1.00. The van der Waals surface area contributed by atoms with E-state index >= 15 is 0 Å². The van der Waals surface area contributed by atoms with Gasteiger partial charge in [-0.15, -0.1) is 0 Å². The molecule has 0 radical (unpaired) electrons. The highest BCUT2D eigenvalue weighted by atomic mass is 32.2. The van der Waals surface area contributed by atoms with E-state index in [1.165, 1.54) is 50.3 Å². The van der Waals surface area contributed by atoms with Gasteiger partial charge >= 0.3 is 0 Å². The van der Waals surface area contributed by atoms with Gasteiger partial charge in [-0.1, -0.05) is 0 Å². The van der Waals surface area contributed by atoms with Crippen molar-refractivity contribution in [2.45, 2.75) is 38.6 Å². The first-order chi connectivity index (χ1) is 7.79. The lowest BCUT2D eigenvalue weighted by atomic mass is 9.81. The zero-order valence-corrected chi connectivity index (χ0v) is 11.3. The molecule has 0 spiro atoms. The highest BCUT2D eigenvalue weighted by Gasteiger charge is 2.25. The number of thioether (sulfide) groups is 1. The molecule has 1 aliphatic carbocycles. The Labute approximate surface area is 104 Å². The SMILES string of the molecule is CC1CSCCN1CC1CCC(CN)CC1. The van der Waals surface area contributed by atoms with E-state index < -0.39 is 0 Å². The maximum Gasteiger partial charge on any atom is 0.0158 e. The maximum atomic E-state index is 5.74. The van der Waals surface area contributed by atoms with E-state index in [0.717, 1.165) is 24.4 Å². The second-order valence-corrected chi connectivity index (χ2v) is 6.69. The van der Waals surface area contributed by atoms with Crippen molar-refractivity contribution in [2.24, 2.45) is 17.6 Å². The third kappa shape index (κ3) is 3.38. The van der Waals surface area contributed by atoms with Crippen LogP contribution in [0, 0.1) is 11.8 Å². The number of nitrogens with two attached hydrogens (primary N) is 1. The molecule has 0 bridgehead atoms. The molecule has 1 saturated heterocycles. The van der Waals surface area contributed by atoms with E-state index in [1.54, 1.807) is 0 Å². The molecule has 1 saturated carbocycles. The quantitative estimate of drug-likeness (QED) is 0.822. The van der Waals surface area contributed by atoms with E-state index in [0.29, 0.717) is 0 Å². The van der Waals surface area contributed by atoms with Crippen molar-refractivity contribution < 1.29 is 0 Å². The second-order valence-electron chi connectivity index (χ2n) is 5.54. The van der Waals surface area contributed by atoms with Crippen molar-refractivity contribution in [3.63, 3.8) is 0 Å². The van der Waals surface area contributed by atoms with Crippen molar-refractivity contribution in [2.75, 3.05) is 31.1 Å². The summed E-state index contributed by atoms with van der Waals surface area (Å²) in [4.78, 5) is 2.71. The molecule has 2 aliphatic rings. The van der Waals surface area contributed by atoms with Gasteiger partial charge in [0.2, 0.25) is 0 Å². The summed E-state index contributed by atoms with van der Waals surface area (Å²) in [5.41, 5.74) is 5.74. The minimum atomic E-state index is 0.797. The first-order valence-corrected chi connectivity index (χ1v) is 7.97. The van der Waals surface area contributed by atoms with Gasteiger partial charge in [-0.05, 0) is 51.0 Å². The molecule has 2 rings (SSSR count). The predicted molar refractivity (Wildman–Crippen MR) is 72.9 cm³/mol. The fourth-order valence-corrected chi connectivity index (χ4v) is 4.10. The highest BCUT2D eigenvalue weighted by Crippen LogP contribution is 2.30. The standard InChI is InChI=1S/C13H26N2S/c1-11-10-16-7-6-15(11)9-13-4-2-12(8-14)3-5-13/h11-13H,2-10,14H2,1H3. The fourth-order valence-electron chi connectivity index (χ4n) is 3.01. The van der Waals surface area contributed by atoms with Crippen molar-refractivity contribution >= 4 is 11.8 Å². The number of nitrogens with zero attached hydrogens (tertiary/aromatic N) is 1. The molecule has 1 atom stereocenters. The Kier molecular flexibility index (Phi) is 4.98. The molecule has 0 aromatic heterocycles. The Balaban J connectivity index is 1.73. The van der Waals surface area contributed by atoms with Crippen molar-refractivity contribution in [1.82, 2.24) is 4.90 Å². The summed E-state index contributed by atoms with van der Waals surface area (Å²) in [6.07, 6.45) is 5.58. The molecule has 94 valence electrons. The predicted octanol–water partition coefficient (Wildman–Crippen LogP) is 2.19. The Morgan fingerprint density at radius 2 is 1.88 bits per heavy atom. The lowest BCUT2D eigenvalue weighted by molar-refractivity contribution is 0.159. The molecule has 1 heterocycles. The summed E-state index contributed by atoms with van der Waals surface area (Å²) in [5, 5.41) is 0. The number of hydrogen-bond donors (Lipinski definition) is 1. The minimum Gasteiger partial charge on any atom is -0.330 e. The van der Waals surface area contributed by atoms with Crippen LogP contribution >= 0.6 is 11.8 Å². The molecule has 3 heteroatoms. The van der Waals surface area contributed by atoms with E-state index in [1.807, 2.05) is 0 Å². The molecular formula is C13H26N2S. The van der Waals surface area contributed by atoms with Crippen LogP contribution in [0.5, 0.6) is 0 Å². The minimum absolute atomic E-state index is 0.797. The number of hydrogen-bond acceptors (Lipinski definition) is 3. The smallest absolute Gasteiger partial charge is 0.0158 e. The zero-order valence-electron chi connectivity index (χ0n) is 10.5. The molecule has 0 amide bonds. The monoisotopic (exact) mass is 242 g/mol. The third-order valence-corrected chi connectivity index (χ3v) is 5.49. The Bertz CT molecular complexity index is 202. The zero-order chi connectivity index (χ0) is 11.4. The van der Waals surface area contributed by atoms with Crippen LogP contribution < -0.4 is 5.73 Å². The van der Waals surface area contributed by atoms with Crippen LogP contribution in [0.25, 0.3) is 0 Å². The average Bonchev–Trinajstić information content (AvgIpc) is 2.33. The second kappa shape index (κ2) is 6.27. The summed E-state index contributed by atoms with van der Waals surface area (Å²) in [6.45, 7) is 5.95. The average molecular weight is 242 g/mol. The number of rotatable bonds is 3. The van der Waals surface area contributed by atoms with Gasteiger partial charge in [0, 0.05) is 30.6 Å². The first kappa shape index (κ1) is 12.7. The highest BCUT2D eigenvalue weighted by molar-refractivity contribution is 7.99. The van der Waals surface area contributed by atoms with Crippen LogP contribution in [0.2, 0.25) is 0 Å². The molecule has 0 aromatic carbocycles. The lowest BCUT2D eigenvalue weighted by Gasteiger charge is -2.37. The maximum absolute atomic E-state index is 5.74. The van der Waals surface area contributed by atoms with Crippen molar-refractivity contribution in [3.8, 4) is 0 Å². The van der Waals surface area contributed by atoms with Gasteiger partial charge in [-0.2, -0.15) is 11.8 Å². The third-order valence-electron chi connectivity index (χ3n) is 4.30. The van der Waals surface area contributed by atoms with Gasteiger partial charge in [-0.3, -0.25) is 4.90 Å². The van der Waals surface area contributed by atoms with Crippen LogP contribution in [0.1, 0.15) is 32.6 Å². The van der Waals surface area contributed by atoms with E-state index in [4.69, 9.17) is 5.73 Å². The van der Waals surface area contributed by atoms with E-state index in [9.17, 15) is 0 Å². The van der Waals surface area contributed by atoms with Crippen molar-refractivity contribution in [3.05, 3.63) is 0 Å². The summed E-state index contributed by atoms with van der Waals surface area (Å²) >= 11 is 2.11. The summed E-state index contributed by atoms with van der Waals surface area (Å²) in [7, 11) is 0. The van der Waals surface area contributed by atoms with Crippen LogP contribution in [0.3, 0.4) is 0 Å². The largest absolute Gasteiger partial charge is 0.330 e. The molecule has 2 N–H and O–H groups in total. The molecular weight excluding hydrogens is 216 g/mol. The Morgan fingerprint density at radius 1 is 1.19 bits per heavy atom.